The molecule has 0 saturated heterocycles. The number of benzene rings is 8. The molecule has 55 heavy (non-hydrogen) atoms. The summed E-state index contributed by atoms with van der Waals surface area (Å²) in [6.07, 6.45) is 2.21. The Morgan fingerprint density at radius 1 is 0.491 bits per heavy atom. The third-order valence-corrected chi connectivity index (χ3v) is 10.7. The molecule has 3 heterocycles. The third kappa shape index (κ3) is 5.28. The normalized spacial score (nSPS) is 14.7. The second-order valence-electron chi connectivity index (χ2n) is 14.0. The Labute approximate surface area is 318 Å². The molecule has 0 bridgehead atoms. The van der Waals surface area contributed by atoms with Gasteiger partial charge >= 0.3 is 0 Å². The number of ether oxygens (including phenoxy) is 2. The smallest absolute Gasteiger partial charge is 0.194 e. The van der Waals surface area contributed by atoms with Crippen LogP contribution in [0, 0.1) is 0 Å². The number of para-hydroxylation sites is 1. The number of nitrogens with zero attached hydrogens (tertiary/aromatic N) is 2. The Morgan fingerprint density at radius 2 is 1.16 bits per heavy atom. The molecule has 11 rings (SSSR count). The van der Waals surface area contributed by atoms with Gasteiger partial charge < -0.3 is 19.4 Å². The molecule has 0 fully saturated rings. The van der Waals surface area contributed by atoms with Gasteiger partial charge in [0.15, 0.2) is 23.0 Å². The van der Waals surface area contributed by atoms with Gasteiger partial charge in [-0.15, -0.1) is 0 Å². The highest BCUT2D eigenvalue weighted by Crippen LogP contribution is 2.53. The second-order valence-corrected chi connectivity index (χ2v) is 14.0. The van der Waals surface area contributed by atoms with Gasteiger partial charge in [0.2, 0.25) is 0 Å². The van der Waals surface area contributed by atoms with Crippen molar-refractivity contribution in [3.63, 3.8) is 0 Å². The lowest BCUT2D eigenvalue weighted by molar-refractivity contribution is 0.366. The fraction of sp³-hybridized carbons (Fsp3) is 0.0200. The van der Waals surface area contributed by atoms with Crippen molar-refractivity contribution < 1.29 is 9.47 Å². The van der Waals surface area contributed by atoms with E-state index in [-0.39, 0.29) is 6.04 Å². The predicted molar refractivity (Wildman–Crippen MR) is 224 cm³/mol. The number of hydrogen-bond acceptors (Lipinski definition) is 4. The predicted octanol–water partition coefficient (Wildman–Crippen LogP) is 12.6. The van der Waals surface area contributed by atoms with Crippen molar-refractivity contribution in [2.45, 2.75) is 6.04 Å². The number of hydrogen-bond donors (Lipinski definition) is 1. The molecule has 2 aliphatic rings. The molecule has 1 atom stereocenters. The highest BCUT2D eigenvalue weighted by atomic mass is 16.6. The summed E-state index contributed by atoms with van der Waals surface area (Å²) < 4.78 is 15.8. The molecule has 9 aromatic rings. The molecule has 1 N–H and O–H groups in total. The quantitative estimate of drug-likeness (QED) is 0.194. The summed E-state index contributed by atoms with van der Waals surface area (Å²) in [6, 6.07) is 63.3. The van der Waals surface area contributed by atoms with Crippen LogP contribution in [0.4, 0.5) is 0 Å². The van der Waals surface area contributed by atoms with Gasteiger partial charge in [0.05, 0.1) is 17.3 Å². The SMILES string of the molecule is C1=C(c2ccccc2)N=C(c2cccc(-c3cccc(-n4c5ccccc5c5ccc6c(c54)Oc4c(ccc5ccccc45)O6)c3)c2)NC1c1ccccc1. The minimum absolute atomic E-state index is 0.0201. The maximum atomic E-state index is 6.90. The van der Waals surface area contributed by atoms with Gasteiger partial charge in [-0.1, -0.05) is 140 Å². The lowest BCUT2D eigenvalue weighted by Gasteiger charge is -2.24. The fourth-order valence-corrected chi connectivity index (χ4v) is 8.05. The molecule has 5 nitrogen and oxygen atoms in total. The van der Waals surface area contributed by atoms with Crippen LogP contribution in [0.1, 0.15) is 22.7 Å². The van der Waals surface area contributed by atoms with E-state index >= 15 is 0 Å². The fourth-order valence-electron chi connectivity index (χ4n) is 8.05. The summed E-state index contributed by atoms with van der Waals surface area (Å²) in [5.41, 5.74) is 9.53. The van der Waals surface area contributed by atoms with Crippen LogP contribution in [-0.2, 0) is 0 Å². The average molecular weight is 708 g/mol. The van der Waals surface area contributed by atoms with Gasteiger partial charge in [0.1, 0.15) is 11.4 Å². The van der Waals surface area contributed by atoms with E-state index in [1.165, 1.54) is 5.56 Å². The summed E-state index contributed by atoms with van der Waals surface area (Å²) in [5.74, 6) is 3.70. The Kier molecular flexibility index (Phi) is 7.17. The van der Waals surface area contributed by atoms with Crippen molar-refractivity contribution in [1.82, 2.24) is 9.88 Å². The van der Waals surface area contributed by atoms with E-state index in [0.29, 0.717) is 17.2 Å². The highest BCUT2D eigenvalue weighted by molar-refractivity contribution is 6.12. The van der Waals surface area contributed by atoms with Gasteiger partial charge in [-0.25, -0.2) is 4.99 Å². The van der Waals surface area contributed by atoms with Crippen LogP contribution in [0.2, 0.25) is 0 Å². The first-order valence-corrected chi connectivity index (χ1v) is 18.6. The van der Waals surface area contributed by atoms with Crippen molar-refractivity contribution >= 4 is 44.1 Å². The van der Waals surface area contributed by atoms with E-state index in [1.54, 1.807) is 0 Å². The summed E-state index contributed by atoms with van der Waals surface area (Å²) >= 11 is 0. The zero-order valence-electron chi connectivity index (χ0n) is 29.7. The van der Waals surface area contributed by atoms with E-state index in [1.807, 2.05) is 30.3 Å². The zero-order valence-corrected chi connectivity index (χ0v) is 29.7. The van der Waals surface area contributed by atoms with Crippen molar-refractivity contribution in [2.24, 2.45) is 4.99 Å². The van der Waals surface area contributed by atoms with Gasteiger partial charge in [-0.05, 0) is 76.2 Å². The molecule has 2 aliphatic heterocycles. The average Bonchev–Trinajstić information content (AvgIpc) is 3.61. The molecule has 8 aromatic carbocycles. The Balaban J connectivity index is 1.03. The van der Waals surface area contributed by atoms with Crippen LogP contribution in [0.5, 0.6) is 23.0 Å². The molecule has 5 heteroatoms. The van der Waals surface area contributed by atoms with E-state index < -0.39 is 0 Å². The number of nitrogens with one attached hydrogen (secondary N) is 1. The molecule has 0 aliphatic carbocycles. The second kappa shape index (κ2) is 12.6. The van der Waals surface area contributed by atoms with Gasteiger partial charge in [0, 0.05) is 27.4 Å². The minimum Gasteiger partial charge on any atom is -0.449 e. The van der Waals surface area contributed by atoms with E-state index in [0.717, 1.165) is 77.8 Å². The lowest BCUT2D eigenvalue weighted by Crippen LogP contribution is -2.31. The van der Waals surface area contributed by atoms with Crippen LogP contribution < -0.4 is 14.8 Å². The van der Waals surface area contributed by atoms with Crippen LogP contribution >= 0.6 is 0 Å². The molecule has 0 spiro atoms. The van der Waals surface area contributed by atoms with Gasteiger partial charge in [0.25, 0.3) is 0 Å². The topological polar surface area (TPSA) is 47.8 Å². The highest BCUT2D eigenvalue weighted by Gasteiger charge is 2.27. The maximum Gasteiger partial charge on any atom is 0.194 e. The van der Waals surface area contributed by atoms with Crippen LogP contribution in [0.15, 0.2) is 193 Å². The zero-order chi connectivity index (χ0) is 36.3. The maximum absolute atomic E-state index is 6.90. The van der Waals surface area contributed by atoms with E-state index in [4.69, 9.17) is 14.5 Å². The van der Waals surface area contributed by atoms with E-state index in [2.05, 4.69) is 168 Å². The molecule has 0 saturated carbocycles. The van der Waals surface area contributed by atoms with Crippen LogP contribution in [0.25, 0.3) is 55.1 Å². The third-order valence-electron chi connectivity index (χ3n) is 10.7. The number of amidine groups is 1. The first-order valence-electron chi connectivity index (χ1n) is 18.6. The molecule has 0 amide bonds. The monoisotopic (exact) mass is 707 g/mol. The van der Waals surface area contributed by atoms with Crippen molar-refractivity contribution in [3.8, 4) is 39.8 Å². The molecule has 1 unspecified atom stereocenters. The molecular formula is C50H33N3O2. The Hall–Kier alpha value is -7.37. The molecule has 1 aromatic heterocycles. The van der Waals surface area contributed by atoms with Crippen molar-refractivity contribution in [1.29, 1.82) is 0 Å². The van der Waals surface area contributed by atoms with Gasteiger partial charge in [-0.3, -0.25) is 0 Å². The van der Waals surface area contributed by atoms with Crippen molar-refractivity contribution in [3.05, 3.63) is 205 Å². The number of rotatable bonds is 5. The minimum atomic E-state index is -0.0201. The number of aromatic nitrogens is 1. The summed E-state index contributed by atoms with van der Waals surface area (Å²) in [5, 5.41) is 8.11. The molecule has 260 valence electrons. The first-order chi connectivity index (χ1) is 27.2. The largest absolute Gasteiger partial charge is 0.449 e. The number of fused-ring (bicyclic) bond motifs is 8. The Morgan fingerprint density at radius 3 is 2.04 bits per heavy atom. The van der Waals surface area contributed by atoms with E-state index in [9.17, 15) is 0 Å². The van der Waals surface area contributed by atoms with Crippen molar-refractivity contribution in [2.75, 3.05) is 0 Å². The Bertz CT molecular complexity index is 3020. The summed E-state index contributed by atoms with van der Waals surface area (Å²) in [6.45, 7) is 0. The first kappa shape index (κ1) is 31.2. The molecular weight excluding hydrogens is 675 g/mol. The summed E-state index contributed by atoms with van der Waals surface area (Å²) in [7, 11) is 0. The summed E-state index contributed by atoms with van der Waals surface area (Å²) in [4.78, 5) is 5.17. The lowest BCUT2D eigenvalue weighted by atomic mass is 9.98. The molecule has 0 radical (unpaired) electrons. The van der Waals surface area contributed by atoms with Crippen LogP contribution in [0.3, 0.4) is 0 Å². The standard InChI is InChI=1S/C50H33N3O2/c1-3-14-33(15-4-1)42-31-43(34-16-5-2-6-17-34)52-50(51-42)37-20-11-18-35(29-37)36-19-12-21-38(30-36)53-44-24-10-9-23-40(44)41-26-28-46-49(47(41)53)55-48-39-22-8-7-13-32(39)25-27-45(48)54-46/h1-31,42H,(H,51,52). The number of aliphatic imine (C=N–C) groups is 1. The van der Waals surface area contributed by atoms with Gasteiger partial charge in [-0.2, -0.15) is 0 Å². The van der Waals surface area contributed by atoms with Crippen LogP contribution in [-0.4, -0.2) is 10.4 Å².